The van der Waals surface area contributed by atoms with Gasteiger partial charge >= 0.3 is 12.4 Å². The Labute approximate surface area is 130 Å². The molecule has 0 aliphatic carbocycles. The van der Waals surface area contributed by atoms with Crippen molar-refractivity contribution < 1.29 is 36.2 Å². The predicted molar refractivity (Wildman–Crippen MR) is 67.4 cm³/mol. The fourth-order valence-corrected chi connectivity index (χ4v) is 1.68. The number of alkyl halides is 6. The first-order chi connectivity index (χ1) is 10.5. The number of rotatable bonds is 2. The topological polar surface area (TPSA) is 42.4 Å². The van der Waals surface area contributed by atoms with Crippen LogP contribution in [0.4, 0.5) is 26.3 Å². The van der Waals surface area contributed by atoms with Crippen LogP contribution in [0, 0.1) is 0 Å². The third-order valence-corrected chi connectivity index (χ3v) is 2.94. The van der Waals surface area contributed by atoms with Crippen molar-refractivity contribution in [2.24, 2.45) is 0 Å². The molecule has 124 valence electrons. The molecule has 10 heteroatoms. The first-order valence-corrected chi connectivity index (χ1v) is 6.17. The number of phenols is 1. The second-order valence-electron chi connectivity index (χ2n) is 4.29. The molecule has 0 spiro atoms. The van der Waals surface area contributed by atoms with Gasteiger partial charge in [-0.15, -0.1) is 0 Å². The number of hydrogen-bond donors (Lipinski definition) is 1. The third-order valence-electron chi connectivity index (χ3n) is 2.62. The van der Waals surface area contributed by atoms with Crippen molar-refractivity contribution in [3.63, 3.8) is 0 Å². The molecule has 1 heterocycles. The zero-order valence-electron chi connectivity index (χ0n) is 10.8. The zero-order valence-corrected chi connectivity index (χ0v) is 11.6. The van der Waals surface area contributed by atoms with E-state index in [1.54, 1.807) is 0 Å². The fraction of sp³-hybridized carbons (Fsp3) is 0.154. The Morgan fingerprint density at radius 2 is 1.65 bits per heavy atom. The smallest absolute Gasteiger partial charge is 0.421 e. The van der Waals surface area contributed by atoms with Crippen molar-refractivity contribution in [2.45, 2.75) is 12.4 Å². The summed E-state index contributed by atoms with van der Waals surface area (Å²) in [6, 6.07) is 3.07. The Morgan fingerprint density at radius 3 is 2.17 bits per heavy atom. The van der Waals surface area contributed by atoms with Gasteiger partial charge < -0.3 is 9.84 Å². The molecule has 1 N–H and O–H groups in total. The molecule has 3 nitrogen and oxygen atoms in total. The maximum Gasteiger partial charge on any atom is 0.421 e. The summed E-state index contributed by atoms with van der Waals surface area (Å²) in [5.41, 5.74) is -3.25. The first kappa shape index (κ1) is 17.2. The highest BCUT2D eigenvalue weighted by Crippen LogP contribution is 2.41. The SMILES string of the molecule is Oc1cc(Oc2ncc(C(F)(F)F)cc2C(F)(F)F)ccc1Cl. The van der Waals surface area contributed by atoms with Crippen LogP contribution in [0.5, 0.6) is 17.4 Å². The standard InChI is InChI=1S/C13H6ClF6NO2/c14-9-2-1-7(4-10(9)22)23-11-8(13(18,19)20)3-6(5-21-11)12(15,16)17/h1-5,22H. The number of aromatic nitrogens is 1. The maximum atomic E-state index is 12.9. The van der Waals surface area contributed by atoms with E-state index < -0.39 is 35.1 Å². The van der Waals surface area contributed by atoms with Gasteiger partial charge in [-0.3, -0.25) is 0 Å². The average molecular weight is 358 g/mol. The van der Waals surface area contributed by atoms with E-state index in [-0.39, 0.29) is 23.0 Å². The quantitative estimate of drug-likeness (QED) is 0.744. The minimum atomic E-state index is -5.11. The second-order valence-corrected chi connectivity index (χ2v) is 4.69. The number of hydrogen-bond acceptors (Lipinski definition) is 3. The van der Waals surface area contributed by atoms with Crippen molar-refractivity contribution >= 4 is 11.6 Å². The highest BCUT2D eigenvalue weighted by molar-refractivity contribution is 6.32. The summed E-state index contributed by atoms with van der Waals surface area (Å²) in [5.74, 6) is -1.82. The molecule has 23 heavy (non-hydrogen) atoms. The lowest BCUT2D eigenvalue weighted by molar-refractivity contribution is -0.144. The Kier molecular flexibility index (Phi) is 4.34. The number of aromatic hydroxyl groups is 1. The zero-order chi connectivity index (χ0) is 17.4. The lowest BCUT2D eigenvalue weighted by atomic mass is 10.2. The number of benzene rings is 1. The van der Waals surface area contributed by atoms with Gasteiger partial charge in [-0.25, -0.2) is 4.98 Å². The Balaban J connectivity index is 2.47. The van der Waals surface area contributed by atoms with Crippen LogP contribution in [0.1, 0.15) is 11.1 Å². The Hall–Kier alpha value is -2.16. The van der Waals surface area contributed by atoms with Gasteiger partial charge in [0, 0.05) is 12.3 Å². The summed E-state index contributed by atoms with van der Waals surface area (Å²) >= 11 is 5.53. The van der Waals surface area contributed by atoms with Gasteiger partial charge in [0.25, 0.3) is 0 Å². The fourth-order valence-electron chi connectivity index (χ4n) is 1.56. The predicted octanol–water partition coefficient (Wildman–Crippen LogP) is 5.27. The molecule has 1 aromatic heterocycles. The molecule has 0 aliphatic rings. The first-order valence-electron chi connectivity index (χ1n) is 5.79. The second kappa shape index (κ2) is 5.80. The summed E-state index contributed by atoms with van der Waals surface area (Å²) in [5, 5.41) is 9.28. The lowest BCUT2D eigenvalue weighted by Crippen LogP contribution is -2.13. The van der Waals surface area contributed by atoms with Crippen LogP contribution in [-0.4, -0.2) is 10.1 Å². The largest absolute Gasteiger partial charge is 0.506 e. The van der Waals surface area contributed by atoms with Crippen molar-refractivity contribution in [1.29, 1.82) is 0 Å². The van der Waals surface area contributed by atoms with Crippen LogP contribution in [-0.2, 0) is 12.4 Å². The van der Waals surface area contributed by atoms with E-state index in [1.165, 1.54) is 0 Å². The third kappa shape index (κ3) is 3.98. The Morgan fingerprint density at radius 1 is 1.00 bits per heavy atom. The molecule has 0 atom stereocenters. The maximum absolute atomic E-state index is 12.9. The van der Waals surface area contributed by atoms with Crippen LogP contribution >= 0.6 is 11.6 Å². The van der Waals surface area contributed by atoms with Gasteiger partial charge in [-0.05, 0) is 18.2 Å². The molecule has 2 aromatic rings. The number of pyridine rings is 1. The summed E-state index contributed by atoms with van der Waals surface area (Å²) in [6.07, 6.45) is -9.87. The van der Waals surface area contributed by atoms with Crippen LogP contribution < -0.4 is 4.74 Å². The number of halogens is 7. The Bertz CT molecular complexity index is 729. The van der Waals surface area contributed by atoms with Gasteiger partial charge in [0.1, 0.15) is 17.1 Å². The van der Waals surface area contributed by atoms with Crippen LogP contribution in [0.3, 0.4) is 0 Å². The average Bonchev–Trinajstić information content (AvgIpc) is 2.41. The highest BCUT2D eigenvalue weighted by Gasteiger charge is 2.40. The van der Waals surface area contributed by atoms with Crippen molar-refractivity contribution in [3.8, 4) is 17.4 Å². The van der Waals surface area contributed by atoms with Gasteiger partial charge in [0.05, 0.1) is 10.6 Å². The van der Waals surface area contributed by atoms with Crippen LogP contribution in [0.25, 0.3) is 0 Å². The van der Waals surface area contributed by atoms with Gasteiger partial charge in [-0.1, -0.05) is 11.6 Å². The monoisotopic (exact) mass is 357 g/mol. The van der Waals surface area contributed by atoms with E-state index in [4.69, 9.17) is 16.3 Å². The molecule has 0 unspecified atom stereocenters. The number of phenolic OH excluding ortho intramolecular Hbond substituents is 1. The van der Waals surface area contributed by atoms with E-state index in [2.05, 4.69) is 4.98 Å². The molecule has 0 saturated heterocycles. The van der Waals surface area contributed by atoms with E-state index in [1.807, 2.05) is 0 Å². The van der Waals surface area contributed by atoms with Gasteiger partial charge in [-0.2, -0.15) is 26.3 Å². The molecule has 0 radical (unpaired) electrons. The summed E-state index contributed by atoms with van der Waals surface area (Å²) in [7, 11) is 0. The van der Waals surface area contributed by atoms with Crippen LogP contribution in [0.15, 0.2) is 30.5 Å². The van der Waals surface area contributed by atoms with Crippen molar-refractivity contribution in [3.05, 3.63) is 46.6 Å². The molecule has 0 fully saturated rings. The van der Waals surface area contributed by atoms with E-state index in [0.29, 0.717) is 0 Å². The normalized spacial score (nSPS) is 12.3. The number of ether oxygens (including phenoxy) is 1. The molecule has 2 rings (SSSR count). The van der Waals surface area contributed by atoms with E-state index >= 15 is 0 Å². The minimum Gasteiger partial charge on any atom is -0.506 e. The summed E-state index contributed by atoms with van der Waals surface area (Å²) < 4.78 is 81.1. The lowest BCUT2D eigenvalue weighted by Gasteiger charge is -2.15. The minimum absolute atomic E-state index is 0.0752. The molecule has 0 amide bonds. The molecule has 0 aliphatic heterocycles. The molecule has 0 bridgehead atoms. The van der Waals surface area contributed by atoms with E-state index in [9.17, 15) is 31.4 Å². The molecule has 0 saturated carbocycles. The van der Waals surface area contributed by atoms with Gasteiger partial charge in [0.2, 0.25) is 5.88 Å². The van der Waals surface area contributed by atoms with Gasteiger partial charge in [0.15, 0.2) is 0 Å². The number of nitrogens with zero attached hydrogens (tertiary/aromatic N) is 1. The summed E-state index contributed by atoms with van der Waals surface area (Å²) in [6.45, 7) is 0. The van der Waals surface area contributed by atoms with Crippen LogP contribution in [0.2, 0.25) is 5.02 Å². The highest BCUT2D eigenvalue weighted by atomic mass is 35.5. The van der Waals surface area contributed by atoms with E-state index in [0.717, 1.165) is 18.2 Å². The van der Waals surface area contributed by atoms with Crippen molar-refractivity contribution in [1.82, 2.24) is 4.98 Å². The van der Waals surface area contributed by atoms with Crippen molar-refractivity contribution in [2.75, 3.05) is 0 Å². The molecular weight excluding hydrogens is 352 g/mol. The summed E-state index contributed by atoms with van der Waals surface area (Å²) in [4.78, 5) is 3.08. The molecule has 1 aromatic carbocycles. The molecular formula is C13H6ClF6NO2.